The molecule has 0 spiro atoms. The molecule has 2 heteroatoms. The van der Waals surface area contributed by atoms with Crippen molar-refractivity contribution in [2.75, 3.05) is 6.54 Å². The van der Waals surface area contributed by atoms with Gasteiger partial charge in [-0.1, -0.05) is 38.3 Å². The highest BCUT2D eigenvalue weighted by Crippen LogP contribution is 2.20. The predicted molar refractivity (Wildman–Crippen MR) is 82.8 cm³/mol. The highest BCUT2D eigenvalue weighted by atomic mass is 16.5. The lowest BCUT2D eigenvalue weighted by molar-refractivity contribution is 0.242. The summed E-state index contributed by atoms with van der Waals surface area (Å²) >= 11 is 0. The van der Waals surface area contributed by atoms with Crippen molar-refractivity contribution in [3.8, 4) is 5.75 Å². The van der Waals surface area contributed by atoms with Crippen LogP contribution in [0.4, 0.5) is 0 Å². The molecule has 19 heavy (non-hydrogen) atoms. The first kappa shape index (κ1) is 16.0. The average Bonchev–Trinajstić information content (AvgIpc) is 2.38. The molecule has 2 nitrogen and oxygen atoms in total. The molecule has 0 heterocycles. The van der Waals surface area contributed by atoms with Crippen LogP contribution in [0.3, 0.4) is 0 Å². The molecule has 1 aromatic carbocycles. The molecular formula is C17H29NO. The summed E-state index contributed by atoms with van der Waals surface area (Å²) in [6, 6.07) is 8.79. The van der Waals surface area contributed by atoms with Gasteiger partial charge in [0.05, 0.1) is 6.10 Å². The molecule has 0 bridgehead atoms. The second-order valence-electron chi connectivity index (χ2n) is 5.48. The Hall–Kier alpha value is -1.02. The quantitative estimate of drug-likeness (QED) is 0.652. The maximum absolute atomic E-state index is 5.73. The number of hydrogen-bond donors (Lipinski definition) is 1. The molecule has 1 rings (SSSR count). The summed E-state index contributed by atoms with van der Waals surface area (Å²) in [5.41, 5.74) is 1.30. The number of ether oxygens (including phenoxy) is 1. The third-order valence-electron chi connectivity index (χ3n) is 3.21. The summed E-state index contributed by atoms with van der Waals surface area (Å²) in [5.74, 6) is 0.965. The topological polar surface area (TPSA) is 21.3 Å². The summed E-state index contributed by atoms with van der Waals surface area (Å²) in [6.45, 7) is 9.67. The molecule has 0 saturated carbocycles. The molecule has 0 radical (unpaired) electrons. The molecule has 0 aliphatic rings. The summed E-state index contributed by atoms with van der Waals surface area (Å²) in [4.78, 5) is 0. The van der Waals surface area contributed by atoms with Crippen LogP contribution in [-0.2, 0) is 0 Å². The van der Waals surface area contributed by atoms with Gasteiger partial charge < -0.3 is 10.1 Å². The van der Waals surface area contributed by atoms with Crippen LogP contribution >= 0.6 is 0 Å². The van der Waals surface area contributed by atoms with Crippen LogP contribution in [0.15, 0.2) is 24.3 Å². The Labute approximate surface area is 118 Å². The molecule has 1 unspecified atom stereocenters. The van der Waals surface area contributed by atoms with Gasteiger partial charge in [0, 0.05) is 6.04 Å². The second kappa shape index (κ2) is 8.98. The van der Waals surface area contributed by atoms with Crippen LogP contribution in [0.1, 0.15) is 65.0 Å². The van der Waals surface area contributed by atoms with Crippen molar-refractivity contribution in [1.29, 1.82) is 0 Å². The van der Waals surface area contributed by atoms with Crippen molar-refractivity contribution in [3.63, 3.8) is 0 Å². The summed E-state index contributed by atoms with van der Waals surface area (Å²) < 4.78 is 5.73. The first-order valence-electron chi connectivity index (χ1n) is 7.63. The van der Waals surface area contributed by atoms with Crippen molar-refractivity contribution in [1.82, 2.24) is 5.32 Å². The molecule has 0 saturated heterocycles. The van der Waals surface area contributed by atoms with Crippen LogP contribution < -0.4 is 10.1 Å². The van der Waals surface area contributed by atoms with Crippen molar-refractivity contribution in [3.05, 3.63) is 29.8 Å². The SMILES string of the molecule is CCCCCCNC(C)c1cccc(OC(C)C)c1. The van der Waals surface area contributed by atoms with Gasteiger partial charge in [-0.25, -0.2) is 0 Å². The Kier molecular flexibility index (Phi) is 7.57. The van der Waals surface area contributed by atoms with Crippen molar-refractivity contribution in [2.24, 2.45) is 0 Å². The molecular weight excluding hydrogens is 234 g/mol. The molecule has 0 fully saturated rings. The number of hydrogen-bond acceptors (Lipinski definition) is 2. The molecule has 0 amide bonds. The number of benzene rings is 1. The van der Waals surface area contributed by atoms with E-state index in [-0.39, 0.29) is 6.10 Å². The van der Waals surface area contributed by atoms with Crippen LogP contribution in [0.25, 0.3) is 0 Å². The Morgan fingerprint density at radius 3 is 2.58 bits per heavy atom. The van der Waals surface area contributed by atoms with E-state index in [4.69, 9.17) is 4.74 Å². The van der Waals surface area contributed by atoms with E-state index in [1.807, 2.05) is 6.07 Å². The van der Waals surface area contributed by atoms with E-state index in [2.05, 4.69) is 51.2 Å². The fourth-order valence-corrected chi connectivity index (χ4v) is 2.12. The number of nitrogens with one attached hydrogen (secondary N) is 1. The lowest BCUT2D eigenvalue weighted by Crippen LogP contribution is -2.20. The third-order valence-corrected chi connectivity index (χ3v) is 3.21. The molecule has 0 aromatic heterocycles. The van der Waals surface area contributed by atoms with Gasteiger partial charge in [0.15, 0.2) is 0 Å². The lowest BCUT2D eigenvalue weighted by atomic mass is 10.1. The van der Waals surface area contributed by atoms with Gasteiger partial charge in [-0.2, -0.15) is 0 Å². The molecule has 1 N–H and O–H groups in total. The molecule has 0 aliphatic heterocycles. The number of rotatable bonds is 9. The number of unbranched alkanes of at least 4 members (excludes halogenated alkanes) is 3. The van der Waals surface area contributed by atoms with Crippen LogP contribution in [0.2, 0.25) is 0 Å². The fraction of sp³-hybridized carbons (Fsp3) is 0.647. The van der Waals surface area contributed by atoms with Gasteiger partial charge in [-0.3, -0.25) is 0 Å². The fourth-order valence-electron chi connectivity index (χ4n) is 2.12. The van der Waals surface area contributed by atoms with Gasteiger partial charge in [-0.15, -0.1) is 0 Å². The van der Waals surface area contributed by atoms with Crippen molar-refractivity contribution >= 4 is 0 Å². The van der Waals surface area contributed by atoms with E-state index >= 15 is 0 Å². The zero-order valence-corrected chi connectivity index (χ0v) is 12.9. The smallest absolute Gasteiger partial charge is 0.120 e. The maximum atomic E-state index is 5.73. The molecule has 108 valence electrons. The molecule has 1 atom stereocenters. The monoisotopic (exact) mass is 263 g/mol. The summed E-state index contributed by atoms with van der Waals surface area (Å²) in [7, 11) is 0. The minimum absolute atomic E-state index is 0.229. The second-order valence-corrected chi connectivity index (χ2v) is 5.48. The van der Waals surface area contributed by atoms with Crippen LogP contribution in [0, 0.1) is 0 Å². The van der Waals surface area contributed by atoms with Gasteiger partial charge in [0.2, 0.25) is 0 Å². The first-order chi connectivity index (χ1) is 9.13. The normalized spacial score (nSPS) is 12.7. The Morgan fingerprint density at radius 1 is 1.11 bits per heavy atom. The standard InChI is InChI=1S/C17H29NO/c1-5-6-7-8-12-18-15(4)16-10-9-11-17(13-16)19-14(2)3/h9-11,13-15,18H,5-8,12H2,1-4H3. The van der Waals surface area contributed by atoms with Gasteiger partial charge in [-0.05, 0) is 51.4 Å². The summed E-state index contributed by atoms with van der Waals surface area (Å²) in [5, 5.41) is 3.58. The van der Waals surface area contributed by atoms with E-state index < -0.39 is 0 Å². The Balaban J connectivity index is 2.40. The van der Waals surface area contributed by atoms with E-state index in [0.717, 1.165) is 12.3 Å². The van der Waals surface area contributed by atoms with Crippen LogP contribution in [0.5, 0.6) is 5.75 Å². The van der Waals surface area contributed by atoms with E-state index in [0.29, 0.717) is 6.04 Å². The van der Waals surface area contributed by atoms with Crippen molar-refractivity contribution in [2.45, 2.75) is 65.5 Å². The van der Waals surface area contributed by atoms with E-state index in [1.54, 1.807) is 0 Å². The van der Waals surface area contributed by atoms with Gasteiger partial charge in [0.1, 0.15) is 5.75 Å². The van der Waals surface area contributed by atoms with Crippen molar-refractivity contribution < 1.29 is 4.74 Å². The maximum Gasteiger partial charge on any atom is 0.120 e. The van der Waals surface area contributed by atoms with Gasteiger partial charge >= 0.3 is 0 Å². The third kappa shape index (κ3) is 6.63. The molecule has 0 aliphatic carbocycles. The van der Waals surface area contributed by atoms with Crippen LogP contribution in [-0.4, -0.2) is 12.6 Å². The first-order valence-corrected chi connectivity index (χ1v) is 7.63. The Bertz CT molecular complexity index is 349. The van der Waals surface area contributed by atoms with E-state index in [9.17, 15) is 0 Å². The summed E-state index contributed by atoms with van der Waals surface area (Å²) in [6.07, 6.45) is 5.46. The lowest BCUT2D eigenvalue weighted by Gasteiger charge is -2.16. The molecule has 1 aromatic rings. The zero-order valence-electron chi connectivity index (χ0n) is 12.9. The minimum Gasteiger partial charge on any atom is -0.491 e. The minimum atomic E-state index is 0.229. The van der Waals surface area contributed by atoms with E-state index in [1.165, 1.54) is 31.2 Å². The van der Waals surface area contributed by atoms with Gasteiger partial charge in [0.25, 0.3) is 0 Å². The average molecular weight is 263 g/mol. The Morgan fingerprint density at radius 2 is 1.89 bits per heavy atom. The highest BCUT2D eigenvalue weighted by Gasteiger charge is 2.06. The largest absolute Gasteiger partial charge is 0.491 e. The zero-order chi connectivity index (χ0) is 14.1. The predicted octanol–water partition coefficient (Wildman–Crippen LogP) is 4.70. The highest BCUT2D eigenvalue weighted by molar-refractivity contribution is 5.30.